The SMILES string of the molecule is C=C/C=C\N=C(C)C(=C)N=C(N)c1cccc(CCC)c1C. The molecule has 0 spiro atoms. The van der Waals surface area contributed by atoms with Gasteiger partial charge in [-0.05, 0) is 37.5 Å². The van der Waals surface area contributed by atoms with Crippen molar-refractivity contribution in [3.63, 3.8) is 0 Å². The number of aryl methyl sites for hydroxylation is 1. The summed E-state index contributed by atoms with van der Waals surface area (Å²) >= 11 is 0. The molecule has 0 aliphatic carbocycles. The molecule has 0 saturated carbocycles. The zero-order valence-corrected chi connectivity index (χ0v) is 13.8. The van der Waals surface area contributed by atoms with Gasteiger partial charge in [-0.1, -0.05) is 50.8 Å². The Kier molecular flexibility index (Phi) is 7.03. The number of nitrogens with zero attached hydrogens (tertiary/aromatic N) is 2. The van der Waals surface area contributed by atoms with Crippen LogP contribution in [0.4, 0.5) is 0 Å². The molecule has 2 N–H and O–H groups in total. The molecule has 1 rings (SSSR count). The van der Waals surface area contributed by atoms with Gasteiger partial charge in [-0.25, -0.2) is 4.99 Å². The Bertz CT molecular complexity index is 634. The van der Waals surface area contributed by atoms with Crippen LogP contribution in [0.15, 0.2) is 65.4 Å². The van der Waals surface area contributed by atoms with Gasteiger partial charge in [0, 0.05) is 11.8 Å². The van der Waals surface area contributed by atoms with Gasteiger partial charge in [-0.2, -0.15) is 0 Å². The molecule has 0 aliphatic heterocycles. The first-order chi connectivity index (χ1) is 10.5. The van der Waals surface area contributed by atoms with Crippen LogP contribution in [0.25, 0.3) is 0 Å². The van der Waals surface area contributed by atoms with E-state index in [1.54, 1.807) is 18.4 Å². The molecule has 0 saturated heterocycles. The molecule has 0 aliphatic rings. The summed E-state index contributed by atoms with van der Waals surface area (Å²) in [6, 6.07) is 6.15. The monoisotopic (exact) mass is 295 g/mol. The Morgan fingerprint density at radius 2 is 2.09 bits per heavy atom. The molecule has 0 heterocycles. The highest BCUT2D eigenvalue weighted by molar-refractivity contribution is 6.05. The summed E-state index contributed by atoms with van der Waals surface area (Å²) in [5.41, 5.74) is 10.9. The summed E-state index contributed by atoms with van der Waals surface area (Å²) in [4.78, 5) is 8.63. The number of aliphatic imine (C=N–C) groups is 2. The standard InChI is InChI=1S/C19H25N3/c1-6-8-13-21-15(4)16(5)22-19(20)18-12-9-11-17(10-7-2)14(18)3/h6,8-9,11-13H,1,5,7,10H2,2-4H3,(H2,20,22)/b13-8-,21-15?. The summed E-state index contributed by atoms with van der Waals surface area (Å²) < 4.78 is 0. The first-order valence-corrected chi connectivity index (χ1v) is 7.45. The predicted octanol–water partition coefficient (Wildman–Crippen LogP) is 4.33. The number of rotatable bonds is 7. The second-order valence-corrected chi connectivity index (χ2v) is 5.08. The van der Waals surface area contributed by atoms with Crippen molar-refractivity contribution in [2.75, 3.05) is 0 Å². The lowest BCUT2D eigenvalue weighted by atomic mass is 9.98. The highest BCUT2D eigenvalue weighted by atomic mass is 14.9. The number of hydrogen-bond donors (Lipinski definition) is 1. The molecule has 3 heteroatoms. The van der Waals surface area contributed by atoms with E-state index in [2.05, 4.69) is 43.1 Å². The molecule has 0 aromatic heterocycles. The Balaban J connectivity index is 3.05. The van der Waals surface area contributed by atoms with E-state index in [0.717, 1.165) is 24.1 Å². The minimum absolute atomic E-state index is 0.475. The average Bonchev–Trinajstić information content (AvgIpc) is 2.49. The minimum Gasteiger partial charge on any atom is -0.383 e. The summed E-state index contributed by atoms with van der Waals surface area (Å²) in [7, 11) is 0. The van der Waals surface area contributed by atoms with E-state index in [1.807, 2.05) is 19.1 Å². The first-order valence-electron chi connectivity index (χ1n) is 7.45. The van der Waals surface area contributed by atoms with Gasteiger partial charge in [-0.15, -0.1) is 0 Å². The molecule has 0 fully saturated rings. The molecule has 22 heavy (non-hydrogen) atoms. The van der Waals surface area contributed by atoms with Crippen LogP contribution in [-0.2, 0) is 6.42 Å². The van der Waals surface area contributed by atoms with Crippen LogP contribution in [0.1, 0.15) is 37.0 Å². The molecule has 0 unspecified atom stereocenters. The van der Waals surface area contributed by atoms with E-state index in [1.165, 1.54) is 11.1 Å². The Hall–Kier alpha value is -2.42. The lowest BCUT2D eigenvalue weighted by Crippen LogP contribution is -2.16. The smallest absolute Gasteiger partial charge is 0.131 e. The maximum Gasteiger partial charge on any atom is 0.131 e. The van der Waals surface area contributed by atoms with Crippen LogP contribution in [-0.4, -0.2) is 11.5 Å². The molecule has 116 valence electrons. The molecular formula is C19H25N3. The van der Waals surface area contributed by atoms with E-state index in [-0.39, 0.29) is 0 Å². The minimum atomic E-state index is 0.475. The van der Waals surface area contributed by atoms with Crippen LogP contribution >= 0.6 is 0 Å². The van der Waals surface area contributed by atoms with E-state index in [0.29, 0.717) is 11.5 Å². The van der Waals surface area contributed by atoms with Gasteiger partial charge in [-0.3, -0.25) is 4.99 Å². The third-order valence-electron chi connectivity index (χ3n) is 3.40. The molecule has 1 aromatic carbocycles. The van der Waals surface area contributed by atoms with Crippen molar-refractivity contribution in [2.45, 2.75) is 33.6 Å². The van der Waals surface area contributed by atoms with Gasteiger partial charge in [0.1, 0.15) is 5.84 Å². The topological polar surface area (TPSA) is 50.7 Å². The fourth-order valence-electron chi connectivity index (χ4n) is 2.08. The number of benzene rings is 1. The third kappa shape index (κ3) is 4.85. The Labute approximate surface area is 133 Å². The van der Waals surface area contributed by atoms with Crippen molar-refractivity contribution in [3.05, 3.63) is 72.1 Å². The van der Waals surface area contributed by atoms with E-state index in [4.69, 9.17) is 5.73 Å². The fourth-order valence-corrected chi connectivity index (χ4v) is 2.08. The zero-order chi connectivity index (χ0) is 16.5. The average molecular weight is 295 g/mol. The largest absolute Gasteiger partial charge is 0.383 e. The Morgan fingerprint density at radius 1 is 1.36 bits per heavy atom. The lowest BCUT2D eigenvalue weighted by molar-refractivity contribution is 0.912. The number of allylic oxidation sites excluding steroid dienone is 3. The van der Waals surface area contributed by atoms with Gasteiger partial charge >= 0.3 is 0 Å². The second-order valence-electron chi connectivity index (χ2n) is 5.08. The second kappa shape index (κ2) is 8.78. The molecule has 0 atom stereocenters. The fraction of sp³-hybridized carbons (Fsp3) is 0.263. The molecule has 0 radical (unpaired) electrons. The maximum absolute atomic E-state index is 6.15. The van der Waals surface area contributed by atoms with Crippen LogP contribution in [0, 0.1) is 6.92 Å². The number of hydrogen-bond acceptors (Lipinski definition) is 2. The van der Waals surface area contributed by atoms with Crippen molar-refractivity contribution in [2.24, 2.45) is 15.7 Å². The van der Waals surface area contributed by atoms with Crippen molar-refractivity contribution in [3.8, 4) is 0 Å². The van der Waals surface area contributed by atoms with Gasteiger partial charge in [0.25, 0.3) is 0 Å². The van der Waals surface area contributed by atoms with Crippen LogP contribution in [0.2, 0.25) is 0 Å². The van der Waals surface area contributed by atoms with Gasteiger partial charge < -0.3 is 5.73 Å². The molecule has 0 amide bonds. The van der Waals surface area contributed by atoms with Gasteiger partial charge in [0.2, 0.25) is 0 Å². The molecule has 0 bridgehead atoms. The van der Waals surface area contributed by atoms with E-state index < -0.39 is 0 Å². The van der Waals surface area contributed by atoms with E-state index in [9.17, 15) is 0 Å². The molecule has 1 aromatic rings. The van der Waals surface area contributed by atoms with E-state index >= 15 is 0 Å². The quantitative estimate of drug-likeness (QED) is 0.454. The highest BCUT2D eigenvalue weighted by Crippen LogP contribution is 2.16. The highest BCUT2D eigenvalue weighted by Gasteiger charge is 2.07. The number of nitrogens with two attached hydrogens (primary N) is 1. The van der Waals surface area contributed by atoms with Crippen molar-refractivity contribution >= 4 is 11.5 Å². The van der Waals surface area contributed by atoms with Crippen molar-refractivity contribution in [1.82, 2.24) is 0 Å². The van der Waals surface area contributed by atoms with Gasteiger partial charge in [0.05, 0.1) is 11.4 Å². The number of amidine groups is 1. The van der Waals surface area contributed by atoms with Crippen molar-refractivity contribution < 1.29 is 0 Å². The van der Waals surface area contributed by atoms with Crippen LogP contribution in [0.3, 0.4) is 0 Å². The van der Waals surface area contributed by atoms with Crippen molar-refractivity contribution in [1.29, 1.82) is 0 Å². The lowest BCUT2D eigenvalue weighted by Gasteiger charge is -2.11. The predicted molar refractivity (Wildman–Crippen MR) is 97.5 cm³/mol. The normalized spacial score (nSPS) is 12.7. The van der Waals surface area contributed by atoms with Crippen LogP contribution in [0.5, 0.6) is 0 Å². The summed E-state index contributed by atoms with van der Waals surface area (Å²) in [6.07, 6.45) is 7.23. The molecular weight excluding hydrogens is 270 g/mol. The maximum atomic E-state index is 6.15. The van der Waals surface area contributed by atoms with Crippen LogP contribution < -0.4 is 5.73 Å². The van der Waals surface area contributed by atoms with Gasteiger partial charge in [0.15, 0.2) is 0 Å². The Morgan fingerprint density at radius 3 is 2.73 bits per heavy atom. The summed E-state index contributed by atoms with van der Waals surface area (Å²) in [5.74, 6) is 0.475. The summed E-state index contributed by atoms with van der Waals surface area (Å²) in [5, 5.41) is 0. The zero-order valence-electron chi connectivity index (χ0n) is 13.8. The third-order valence-corrected chi connectivity index (χ3v) is 3.40. The first kappa shape index (κ1) is 17.6. The molecule has 3 nitrogen and oxygen atoms in total. The summed E-state index contributed by atoms with van der Waals surface area (Å²) in [6.45, 7) is 13.6.